The Morgan fingerprint density at radius 2 is 1.79 bits per heavy atom. The number of nitrogens with two attached hydrogens (primary N) is 1. The Bertz CT molecular complexity index is 698. The quantitative estimate of drug-likeness (QED) is 0.721. The van der Waals surface area contributed by atoms with Crippen molar-refractivity contribution in [1.82, 2.24) is 4.57 Å². The molecule has 0 atom stereocenters. The van der Waals surface area contributed by atoms with Gasteiger partial charge in [0, 0.05) is 33.8 Å². The molecule has 2 N–H and O–H groups in total. The molecule has 0 amide bonds. The monoisotopic (exact) mass is 314 g/mol. The summed E-state index contributed by atoms with van der Waals surface area (Å²) in [5, 5.41) is 1.26. The summed E-state index contributed by atoms with van der Waals surface area (Å²) in [4.78, 5) is 0. The third-order valence-electron chi connectivity index (χ3n) is 3.38. The van der Waals surface area contributed by atoms with Crippen LogP contribution in [0.5, 0.6) is 0 Å². The number of anilines is 1. The normalized spacial score (nSPS) is 11.0. The molecule has 2 aromatic carbocycles. The van der Waals surface area contributed by atoms with Gasteiger partial charge in [-0.15, -0.1) is 0 Å². The van der Waals surface area contributed by atoms with Gasteiger partial charge < -0.3 is 10.3 Å². The lowest BCUT2D eigenvalue weighted by Crippen LogP contribution is -1.99. The predicted octanol–water partition coefficient (Wildman–Crippen LogP) is 4.23. The molecule has 0 unspecified atom stereocenters. The Morgan fingerprint density at radius 3 is 2.58 bits per heavy atom. The number of rotatable bonds is 3. The summed E-state index contributed by atoms with van der Waals surface area (Å²) in [7, 11) is 0. The van der Waals surface area contributed by atoms with Gasteiger partial charge in [-0.1, -0.05) is 34.1 Å². The van der Waals surface area contributed by atoms with Gasteiger partial charge in [0.2, 0.25) is 0 Å². The fraction of sp³-hybridized carbons (Fsp3) is 0.125. The zero-order chi connectivity index (χ0) is 13.2. The summed E-state index contributed by atoms with van der Waals surface area (Å²) in [6.07, 6.45) is 3.16. The molecule has 0 aliphatic heterocycles. The number of hydrogen-bond acceptors (Lipinski definition) is 1. The van der Waals surface area contributed by atoms with Crippen molar-refractivity contribution >= 4 is 32.5 Å². The van der Waals surface area contributed by atoms with Crippen LogP contribution < -0.4 is 5.73 Å². The fourth-order valence-electron chi connectivity index (χ4n) is 2.31. The number of hydrogen-bond donors (Lipinski definition) is 1. The number of halogens is 1. The first kappa shape index (κ1) is 12.3. The van der Waals surface area contributed by atoms with Gasteiger partial charge in [0.15, 0.2) is 0 Å². The second-order valence-corrected chi connectivity index (χ2v) is 5.53. The molecule has 3 heteroatoms. The topological polar surface area (TPSA) is 30.9 Å². The molecule has 3 rings (SSSR count). The van der Waals surface area contributed by atoms with Crippen LogP contribution in [0.2, 0.25) is 0 Å². The average Bonchev–Trinajstić information content (AvgIpc) is 2.83. The molecule has 2 nitrogen and oxygen atoms in total. The molecule has 1 aromatic heterocycles. The molecular formula is C16H15BrN2. The largest absolute Gasteiger partial charge is 0.399 e. The lowest BCUT2D eigenvalue weighted by Gasteiger charge is -2.06. The Balaban J connectivity index is 1.82. The van der Waals surface area contributed by atoms with E-state index in [1.165, 1.54) is 16.5 Å². The molecule has 0 spiro atoms. The van der Waals surface area contributed by atoms with Crippen LogP contribution in [0.25, 0.3) is 10.9 Å². The van der Waals surface area contributed by atoms with Crippen LogP contribution >= 0.6 is 15.9 Å². The highest BCUT2D eigenvalue weighted by Crippen LogP contribution is 2.24. The van der Waals surface area contributed by atoms with Gasteiger partial charge in [-0.3, -0.25) is 0 Å². The standard InChI is InChI=1S/C16H15BrN2/c17-15-2-1-3-16-14(15)9-11-19(16)10-8-12-4-6-13(18)7-5-12/h1-7,9,11H,8,10,18H2. The minimum absolute atomic E-state index is 0.819. The maximum absolute atomic E-state index is 5.70. The lowest BCUT2D eigenvalue weighted by atomic mass is 10.1. The van der Waals surface area contributed by atoms with E-state index >= 15 is 0 Å². The van der Waals surface area contributed by atoms with Crippen LogP contribution in [0.4, 0.5) is 5.69 Å². The molecule has 1 heterocycles. The second kappa shape index (κ2) is 5.10. The highest BCUT2D eigenvalue weighted by atomic mass is 79.9. The number of aryl methyl sites for hydroxylation is 2. The summed E-state index contributed by atoms with van der Waals surface area (Å²) in [5.41, 5.74) is 9.10. The third kappa shape index (κ3) is 2.51. The number of nitrogens with zero attached hydrogens (tertiary/aromatic N) is 1. The van der Waals surface area contributed by atoms with Gasteiger partial charge >= 0.3 is 0 Å². The molecule has 96 valence electrons. The molecule has 0 fully saturated rings. The van der Waals surface area contributed by atoms with Crippen LogP contribution in [0.15, 0.2) is 59.2 Å². The summed E-state index contributed by atoms with van der Waals surface area (Å²) in [5.74, 6) is 0. The van der Waals surface area contributed by atoms with Crippen molar-refractivity contribution in [3.8, 4) is 0 Å². The van der Waals surface area contributed by atoms with Crippen molar-refractivity contribution in [2.24, 2.45) is 0 Å². The van der Waals surface area contributed by atoms with Gasteiger partial charge in [-0.25, -0.2) is 0 Å². The second-order valence-electron chi connectivity index (χ2n) is 4.67. The number of aromatic nitrogens is 1. The van der Waals surface area contributed by atoms with E-state index in [0.717, 1.165) is 23.1 Å². The Labute approximate surface area is 121 Å². The van der Waals surface area contributed by atoms with Crippen molar-refractivity contribution in [2.45, 2.75) is 13.0 Å². The van der Waals surface area contributed by atoms with Crippen LogP contribution in [0.3, 0.4) is 0 Å². The fourth-order valence-corrected chi connectivity index (χ4v) is 2.80. The summed E-state index contributed by atoms with van der Waals surface area (Å²) in [6.45, 7) is 0.976. The summed E-state index contributed by atoms with van der Waals surface area (Å²) in [6, 6.07) is 16.6. The Morgan fingerprint density at radius 1 is 1.00 bits per heavy atom. The summed E-state index contributed by atoms with van der Waals surface area (Å²) >= 11 is 3.59. The van der Waals surface area contributed by atoms with Crippen molar-refractivity contribution in [3.63, 3.8) is 0 Å². The molecule has 0 saturated carbocycles. The smallest absolute Gasteiger partial charge is 0.0491 e. The molecule has 19 heavy (non-hydrogen) atoms. The van der Waals surface area contributed by atoms with Gasteiger partial charge in [-0.2, -0.15) is 0 Å². The van der Waals surface area contributed by atoms with Crippen molar-refractivity contribution < 1.29 is 0 Å². The van der Waals surface area contributed by atoms with E-state index in [1.807, 2.05) is 12.1 Å². The molecule has 3 aromatic rings. The van der Waals surface area contributed by atoms with Crippen LogP contribution in [-0.2, 0) is 13.0 Å². The van der Waals surface area contributed by atoms with Crippen molar-refractivity contribution in [1.29, 1.82) is 0 Å². The van der Waals surface area contributed by atoms with E-state index in [0.29, 0.717) is 0 Å². The minimum Gasteiger partial charge on any atom is -0.399 e. The van der Waals surface area contributed by atoms with E-state index in [4.69, 9.17) is 5.73 Å². The van der Waals surface area contributed by atoms with Gasteiger partial charge in [0.1, 0.15) is 0 Å². The SMILES string of the molecule is Nc1ccc(CCn2ccc3c(Br)cccc32)cc1. The minimum atomic E-state index is 0.819. The molecular weight excluding hydrogens is 300 g/mol. The number of nitrogen functional groups attached to an aromatic ring is 1. The highest BCUT2D eigenvalue weighted by Gasteiger charge is 2.03. The van der Waals surface area contributed by atoms with Crippen LogP contribution in [0, 0.1) is 0 Å². The first-order chi connectivity index (χ1) is 9.24. The molecule has 0 radical (unpaired) electrons. The molecule has 0 aliphatic carbocycles. The zero-order valence-corrected chi connectivity index (χ0v) is 12.1. The lowest BCUT2D eigenvalue weighted by molar-refractivity contribution is 0.723. The van der Waals surface area contributed by atoms with Gasteiger partial charge in [-0.05, 0) is 42.3 Å². The van der Waals surface area contributed by atoms with E-state index in [-0.39, 0.29) is 0 Å². The van der Waals surface area contributed by atoms with Gasteiger partial charge in [0.05, 0.1) is 0 Å². The van der Waals surface area contributed by atoms with E-state index in [1.54, 1.807) is 0 Å². The van der Waals surface area contributed by atoms with Crippen LogP contribution in [-0.4, -0.2) is 4.57 Å². The summed E-state index contributed by atoms with van der Waals surface area (Å²) < 4.78 is 3.44. The maximum atomic E-state index is 5.70. The Hall–Kier alpha value is -1.74. The zero-order valence-electron chi connectivity index (χ0n) is 10.5. The first-order valence-electron chi connectivity index (χ1n) is 6.32. The molecule has 0 bridgehead atoms. The molecule has 0 aliphatic rings. The maximum Gasteiger partial charge on any atom is 0.0491 e. The highest BCUT2D eigenvalue weighted by molar-refractivity contribution is 9.10. The van der Waals surface area contributed by atoms with Crippen molar-refractivity contribution in [3.05, 3.63) is 64.8 Å². The number of benzene rings is 2. The molecule has 0 saturated heterocycles. The first-order valence-corrected chi connectivity index (χ1v) is 7.11. The van der Waals surface area contributed by atoms with E-state index in [9.17, 15) is 0 Å². The Kier molecular flexibility index (Phi) is 3.30. The predicted molar refractivity (Wildman–Crippen MR) is 84.2 cm³/mol. The van der Waals surface area contributed by atoms with Crippen LogP contribution in [0.1, 0.15) is 5.56 Å². The van der Waals surface area contributed by atoms with E-state index in [2.05, 4.69) is 63.1 Å². The third-order valence-corrected chi connectivity index (χ3v) is 4.07. The van der Waals surface area contributed by atoms with E-state index < -0.39 is 0 Å². The van der Waals surface area contributed by atoms with Gasteiger partial charge in [0.25, 0.3) is 0 Å². The van der Waals surface area contributed by atoms with Crippen molar-refractivity contribution in [2.75, 3.05) is 5.73 Å². The number of fused-ring (bicyclic) bond motifs is 1. The average molecular weight is 315 g/mol.